The summed E-state index contributed by atoms with van der Waals surface area (Å²) in [6.45, 7) is 2.25. The molecule has 5 nitrogen and oxygen atoms in total. The van der Waals surface area contributed by atoms with Gasteiger partial charge in [0.15, 0.2) is 0 Å². The van der Waals surface area contributed by atoms with Gasteiger partial charge < -0.3 is 14.6 Å². The summed E-state index contributed by atoms with van der Waals surface area (Å²) < 4.78 is 9.69. The number of halogens is 2. The maximum Gasteiger partial charge on any atom is 0.258 e. The Bertz CT molecular complexity index is 1370. The Labute approximate surface area is 196 Å². The molecule has 0 unspecified atom stereocenters. The second kappa shape index (κ2) is 8.66. The lowest BCUT2D eigenvalue weighted by Crippen LogP contribution is -2.17. The molecule has 164 valence electrons. The number of aryl methyl sites for hydroxylation is 1. The van der Waals surface area contributed by atoms with Gasteiger partial charge in [-0.1, -0.05) is 35.3 Å². The van der Waals surface area contributed by atoms with Gasteiger partial charge in [0.25, 0.3) is 5.56 Å². The topological polar surface area (TPSA) is 48.2 Å². The van der Waals surface area contributed by atoms with Crippen molar-refractivity contribution in [1.82, 2.24) is 14.5 Å². The SMILES string of the molecule is Cn1c2c(c3ccc(-n4ccc(OCc5ccc(Cl)cc5Cl)cc4=O)cc31)CCNCC2. The molecule has 1 aliphatic heterocycles. The number of ether oxygens (including phenoxy) is 1. The number of rotatable bonds is 4. The maximum absolute atomic E-state index is 12.8. The standard InChI is InChI=1S/C25H23Cl2N3O2/c1-29-23-7-10-28-9-6-21(23)20-5-4-18(13-24(20)29)30-11-8-19(14-25(30)31)32-15-16-2-3-17(26)12-22(16)27/h2-5,8,11-14,28H,6-7,9-10,15H2,1H3. The summed E-state index contributed by atoms with van der Waals surface area (Å²) in [6, 6.07) is 14.8. The molecule has 3 heterocycles. The zero-order chi connectivity index (χ0) is 22.2. The van der Waals surface area contributed by atoms with E-state index in [1.165, 1.54) is 22.7 Å². The Balaban J connectivity index is 1.42. The van der Waals surface area contributed by atoms with Gasteiger partial charge in [0.1, 0.15) is 12.4 Å². The van der Waals surface area contributed by atoms with Crippen molar-refractivity contribution in [2.45, 2.75) is 19.4 Å². The molecule has 2 aromatic heterocycles. The Morgan fingerprint density at radius 3 is 2.69 bits per heavy atom. The fourth-order valence-electron chi connectivity index (χ4n) is 4.41. The first-order valence-corrected chi connectivity index (χ1v) is 11.4. The van der Waals surface area contributed by atoms with Crippen molar-refractivity contribution in [3.05, 3.63) is 91.9 Å². The van der Waals surface area contributed by atoms with Gasteiger partial charge in [0.2, 0.25) is 0 Å². The van der Waals surface area contributed by atoms with Crippen LogP contribution in [0.4, 0.5) is 0 Å². The zero-order valence-corrected chi connectivity index (χ0v) is 19.2. The predicted molar refractivity (Wildman–Crippen MR) is 130 cm³/mol. The summed E-state index contributed by atoms with van der Waals surface area (Å²) in [5, 5.41) is 5.84. The number of hydrogen-bond donors (Lipinski definition) is 1. The molecule has 0 aliphatic carbocycles. The number of nitrogens with one attached hydrogen (secondary N) is 1. The quantitative estimate of drug-likeness (QED) is 0.464. The molecule has 0 radical (unpaired) electrons. The molecule has 5 rings (SSSR count). The molecule has 0 fully saturated rings. The molecule has 0 saturated heterocycles. The van der Waals surface area contributed by atoms with E-state index in [-0.39, 0.29) is 12.2 Å². The largest absolute Gasteiger partial charge is 0.489 e. The van der Waals surface area contributed by atoms with Crippen molar-refractivity contribution in [2.24, 2.45) is 7.05 Å². The van der Waals surface area contributed by atoms with Gasteiger partial charge in [-0.3, -0.25) is 9.36 Å². The summed E-state index contributed by atoms with van der Waals surface area (Å²) in [5.41, 5.74) is 5.44. The Hall–Kier alpha value is -2.73. The Morgan fingerprint density at radius 1 is 1.03 bits per heavy atom. The molecular formula is C25H23Cl2N3O2. The van der Waals surface area contributed by atoms with Crippen LogP contribution in [0.1, 0.15) is 16.8 Å². The summed E-state index contributed by atoms with van der Waals surface area (Å²) >= 11 is 12.1. The second-order valence-corrected chi connectivity index (χ2v) is 8.87. The van der Waals surface area contributed by atoms with Gasteiger partial charge in [-0.15, -0.1) is 0 Å². The normalized spacial score (nSPS) is 13.7. The average molecular weight is 468 g/mol. The van der Waals surface area contributed by atoms with Crippen LogP contribution < -0.4 is 15.6 Å². The third kappa shape index (κ3) is 3.92. The number of fused-ring (bicyclic) bond motifs is 3. The average Bonchev–Trinajstić information content (AvgIpc) is 2.93. The van der Waals surface area contributed by atoms with Crippen molar-refractivity contribution >= 4 is 34.1 Å². The molecule has 0 bridgehead atoms. The minimum atomic E-state index is -0.149. The first-order valence-electron chi connectivity index (χ1n) is 10.6. The number of nitrogens with zero attached hydrogens (tertiary/aromatic N) is 2. The minimum absolute atomic E-state index is 0.149. The maximum atomic E-state index is 12.8. The van der Waals surface area contributed by atoms with Gasteiger partial charge in [-0.2, -0.15) is 0 Å². The summed E-state index contributed by atoms with van der Waals surface area (Å²) in [6.07, 6.45) is 3.79. The van der Waals surface area contributed by atoms with Crippen LogP contribution in [-0.4, -0.2) is 22.2 Å². The van der Waals surface area contributed by atoms with Crippen LogP contribution in [0.2, 0.25) is 10.0 Å². The molecule has 32 heavy (non-hydrogen) atoms. The molecule has 1 aliphatic rings. The highest BCUT2D eigenvalue weighted by Crippen LogP contribution is 2.29. The van der Waals surface area contributed by atoms with E-state index in [2.05, 4.69) is 29.1 Å². The van der Waals surface area contributed by atoms with E-state index in [0.29, 0.717) is 15.8 Å². The number of aromatic nitrogens is 2. The summed E-state index contributed by atoms with van der Waals surface area (Å²) in [5.74, 6) is 0.497. The highest BCUT2D eigenvalue weighted by molar-refractivity contribution is 6.35. The Kier molecular flexibility index (Phi) is 5.72. The fourth-order valence-corrected chi connectivity index (χ4v) is 4.88. The lowest BCUT2D eigenvalue weighted by molar-refractivity contribution is 0.305. The van der Waals surface area contributed by atoms with Crippen LogP contribution in [0.3, 0.4) is 0 Å². The van der Waals surface area contributed by atoms with Crippen LogP contribution in [0.25, 0.3) is 16.6 Å². The van der Waals surface area contributed by atoms with Gasteiger partial charge >= 0.3 is 0 Å². The first kappa shape index (κ1) is 21.1. The van der Waals surface area contributed by atoms with E-state index in [1.807, 2.05) is 12.1 Å². The number of pyridine rings is 1. The van der Waals surface area contributed by atoms with Crippen LogP contribution >= 0.6 is 23.2 Å². The van der Waals surface area contributed by atoms with Gasteiger partial charge in [-0.25, -0.2) is 0 Å². The van der Waals surface area contributed by atoms with Crippen LogP contribution in [-0.2, 0) is 26.5 Å². The van der Waals surface area contributed by atoms with Gasteiger partial charge in [0.05, 0.1) is 11.2 Å². The molecule has 7 heteroatoms. The first-order chi connectivity index (χ1) is 15.5. The van der Waals surface area contributed by atoms with Crippen LogP contribution in [0.5, 0.6) is 5.75 Å². The number of hydrogen-bond acceptors (Lipinski definition) is 3. The van der Waals surface area contributed by atoms with Gasteiger partial charge in [-0.05, 0) is 48.9 Å². The van der Waals surface area contributed by atoms with Crippen molar-refractivity contribution in [3.8, 4) is 11.4 Å². The fraction of sp³-hybridized carbons (Fsp3) is 0.240. The number of benzene rings is 2. The van der Waals surface area contributed by atoms with Crippen LogP contribution in [0.15, 0.2) is 59.5 Å². The van der Waals surface area contributed by atoms with Crippen molar-refractivity contribution in [2.75, 3.05) is 13.1 Å². The molecule has 0 amide bonds. The highest BCUT2D eigenvalue weighted by Gasteiger charge is 2.17. The highest BCUT2D eigenvalue weighted by atomic mass is 35.5. The monoisotopic (exact) mass is 467 g/mol. The molecular weight excluding hydrogens is 445 g/mol. The smallest absolute Gasteiger partial charge is 0.258 e. The molecule has 2 aromatic carbocycles. The van der Waals surface area contributed by atoms with E-state index >= 15 is 0 Å². The lowest BCUT2D eigenvalue weighted by atomic mass is 10.1. The molecule has 1 N–H and O–H groups in total. The summed E-state index contributed by atoms with van der Waals surface area (Å²) in [4.78, 5) is 12.8. The van der Waals surface area contributed by atoms with Gasteiger partial charge in [0, 0.05) is 59.0 Å². The molecule has 0 saturated carbocycles. The van der Waals surface area contributed by atoms with E-state index in [4.69, 9.17) is 27.9 Å². The van der Waals surface area contributed by atoms with Crippen molar-refractivity contribution in [1.29, 1.82) is 0 Å². The zero-order valence-electron chi connectivity index (χ0n) is 17.7. The minimum Gasteiger partial charge on any atom is -0.489 e. The van der Waals surface area contributed by atoms with E-state index in [0.717, 1.165) is 42.7 Å². The third-order valence-corrected chi connectivity index (χ3v) is 6.68. The van der Waals surface area contributed by atoms with E-state index in [1.54, 1.807) is 29.0 Å². The lowest BCUT2D eigenvalue weighted by Gasteiger charge is -2.11. The van der Waals surface area contributed by atoms with Crippen LogP contribution in [0, 0.1) is 0 Å². The second-order valence-electron chi connectivity index (χ2n) is 8.03. The van der Waals surface area contributed by atoms with E-state index < -0.39 is 0 Å². The Morgan fingerprint density at radius 2 is 1.88 bits per heavy atom. The third-order valence-electron chi connectivity index (χ3n) is 6.09. The molecule has 0 spiro atoms. The molecule has 4 aromatic rings. The summed E-state index contributed by atoms with van der Waals surface area (Å²) in [7, 11) is 2.11. The van der Waals surface area contributed by atoms with Crippen molar-refractivity contribution in [3.63, 3.8) is 0 Å². The predicted octanol–water partition coefficient (Wildman–Crippen LogP) is 4.90. The van der Waals surface area contributed by atoms with Crippen molar-refractivity contribution < 1.29 is 4.74 Å². The van der Waals surface area contributed by atoms with E-state index in [9.17, 15) is 4.79 Å². The molecule has 0 atom stereocenters.